The van der Waals surface area contributed by atoms with E-state index in [2.05, 4.69) is 34.9 Å². The quantitative estimate of drug-likeness (QED) is 0.660. The minimum atomic E-state index is -0.839. The maximum Gasteiger partial charge on any atom is 0.266 e. The molecule has 0 aromatic heterocycles. The Balaban J connectivity index is 1.43. The van der Waals surface area contributed by atoms with Gasteiger partial charge in [0.05, 0.1) is 25.3 Å². The molecule has 2 aliphatic rings. The molecule has 3 N–H and O–H groups in total. The number of hydrogen-bond donors (Lipinski definition) is 3. The third kappa shape index (κ3) is 4.98. The average molecular weight is 410 g/mol. The first kappa shape index (κ1) is 20.4. The van der Waals surface area contributed by atoms with Crippen LogP contribution >= 0.6 is 0 Å². The fraction of sp³-hybridized carbons (Fsp3) is 0.391. The first-order valence-corrected chi connectivity index (χ1v) is 10.4. The van der Waals surface area contributed by atoms with Gasteiger partial charge in [0.2, 0.25) is 5.91 Å². The highest BCUT2D eigenvalue weighted by Gasteiger charge is 2.31. The highest BCUT2D eigenvalue weighted by molar-refractivity contribution is 5.99. The Bertz CT molecular complexity index is 894. The molecule has 30 heavy (non-hydrogen) atoms. The Kier molecular flexibility index (Phi) is 6.30. The number of aryl methyl sites for hydroxylation is 1. The van der Waals surface area contributed by atoms with Gasteiger partial charge >= 0.3 is 0 Å². The number of para-hydroxylation sites is 2. The number of quaternary nitrogens is 1. The topological polar surface area (TPSA) is 81.1 Å². The normalized spacial score (nSPS) is 19.9. The van der Waals surface area contributed by atoms with Gasteiger partial charge in [-0.2, -0.15) is 0 Å². The number of nitrogens with one attached hydrogen (secondary N) is 3. The second-order valence-corrected chi connectivity index (χ2v) is 7.89. The molecule has 158 valence electrons. The Hall–Kier alpha value is -2.90. The minimum absolute atomic E-state index is 0.0268. The van der Waals surface area contributed by atoms with Crippen molar-refractivity contribution in [2.24, 2.45) is 0 Å². The van der Waals surface area contributed by atoms with Crippen molar-refractivity contribution in [2.45, 2.75) is 25.5 Å². The molecule has 2 aromatic carbocycles. The van der Waals surface area contributed by atoms with Gasteiger partial charge < -0.3 is 25.0 Å². The zero-order chi connectivity index (χ0) is 20.9. The zero-order valence-corrected chi connectivity index (χ0v) is 17.1. The van der Waals surface area contributed by atoms with Crippen LogP contribution in [0.25, 0.3) is 0 Å². The number of anilines is 1. The number of amides is 2. The molecular weight excluding hydrogens is 382 g/mol. The minimum Gasteiger partial charge on any atom is -0.478 e. The predicted octanol–water partition coefficient (Wildman–Crippen LogP) is 0.857. The standard InChI is InChI=1S/C23H27N3O4/c1-16-6-8-17(9-7-16)19(15-26-10-12-29-13-11-26)24-22(27)14-21-23(28)25-18-4-2-3-5-20(18)30-21/h2-9,19,21H,10-15H2,1H3,(H,24,27)(H,25,28)/p+1/t19-,21-/m1/s1. The fourth-order valence-corrected chi connectivity index (χ4v) is 3.85. The maximum absolute atomic E-state index is 12.9. The molecule has 2 aliphatic heterocycles. The van der Waals surface area contributed by atoms with E-state index in [-0.39, 0.29) is 24.3 Å². The summed E-state index contributed by atoms with van der Waals surface area (Å²) < 4.78 is 11.2. The van der Waals surface area contributed by atoms with E-state index in [9.17, 15) is 9.59 Å². The van der Waals surface area contributed by atoms with Crippen molar-refractivity contribution in [1.82, 2.24) is 5.32 Å². The van der Waals surface area contributed by atoms with Crippen molar-refractivity contribution in [3.63, 3.8) is 0 Å². The van der Waals surface area contributed by atoms with E-state index >= 15 is 0 Å². The molecule has 0 saturated carbocycles. The van der Waals surface area contributed by atoms with Gasteiger partial charge in [-0.15, -0.1) is 0 Å². The number of benzene rings is 2. The van der Waals surface area contributed by atoms with Gasteiger partial charge in [-0.05, 0) is 24.6 Å². The molecule has 2 aromatic rings. The van der Waals surface area contributed by atoms with Gasteiger partial charge in [0.15, 0.2) is 6.10 Å². The largest absolute Gasteiger partial charge is 0.478 e. The van der Waals surface area contributed by atoms with Crippen molar-refractivity contribution < 1.29 is 24.0 Å². The molecule has 0 aliphatic carbocycles. The summed E-state index contributed by atoms with van der Waals surface area (Å²) in [7, 11) is 0. The van der Waals surface area contributed by atoms with Crippen LogP contribution in [-0.4, -0.2) is 50.8 Å². The SMILES string of the molecule is Cc1ccc([C@@H](C[NH+]2CCOCC2)NC(=O)C[C@H]2Oc3ccccc3NC2=O)cc1. The molecule has 7 heteroatoms. The van der Waals surface area contributed by atoms with Gasteiger partial charge in [0.1, 0.15) is 31.4 Å². The van der Waals surface area contributed by atoms with Crippen LogP contribution in [0.4, 0.5) is 5.69 Å². The van der Waals surface area contributed by atoms with Crippen LogP contribution in [0.5, 0.6) is 5.75 Å². The third-order valence-corrected chi connectivity index (χ3v) is 5.59. The lowest BCUT2D eigenvalue weighted by atomic mass is 10.0. The summed E-state index contributed by atoms with van der Waals surface area (Å²) in [4.78, 5) is 26.6. The molecule has 0 unspecified atom stereocenters. The van der Waals surface area contributed by atoms with Crippen LogP contribution in [0.2, 0.25) is 0 Å². The van der Waals surface area contributed by atoms with Gasteiger partial charge in [0.25, 0.3) is 5.91 Å². The van der Waals surface area contributed by atoms with Crippen LogP contribution in [-0.2, 0) is 14.3 Å². The van der Waals surface area contributed by atoms with Crippen LogP contribution in [0.15, 0.2) is 48.5 Å². The fourth-order valence-electron chi connectivity index (χ4n) is 3.85. The molecule has 2 amide bonds. The predicted molar refractivity (Wildman–Crippen MR) is 113 cm³/mol. The number of fused-ring (bicyclic) bond motifs is 1. The first-order chi connectivity index (χ1) is 14.6. The number of hydrogen-bond acceptors (Lipinski definition) is 4. The molecule has 2 atom stereocenters. The highest BCUT2D eigenvalue weighted by atomic mass is 16.5. The van der Waals surface area contributed by atoms with Gasteiger partial charge in [-0.25, -0.2) is 0 Å². The molecule has 0 spiro atoms. The number of morpholine rings is 1. The molecule has 0 bridgehead atoms. The number of carbonyl (C=O) groups excluding carboxylic acids is 2. The van der Waals surface area contributed by atoms with E-state index in [1.807, 2.05) is 19.1 Å². The lowest BCUT2D eigenvalue weighted by Gasteiger charge is -2.29. The zero-order valence-electron chi connectivity index (χ0n) is 17.1. The van der Waals surface area contributed by atoms with E-state index in [1.165, 1.54) is 10.5 Å². The maximum atomic E-state index is 12.9. The molecule has 7 nitrogen and oxygen atoms in total. The summed E-state index contributed by atoms with van der Waals surface area (Å²) >= 11 is 0. The molecule has 2 heterocycles. The Morgan fingerprint density at radius 2 is 1.90 bits per heavy atom. The summed E-state index contributed by atoms with van der Waals surface area (Å²) in [5.41, 5.74) is 2.87. The van der Waals surface area contributed by atoms with E-state index in [0.29, 0.717) is 11.4 Å². The van der Waals surface area contributed by atoms with Gasteiger partial charge in [-0.3, -0.25) is 9.59 Å². The Morgan fingerprint density at radius 3 is 2.67 bits per heavy atom. The smallest absolute Gasteiger partial charge is 0.266 e. The van der Waals surface area contributed by atoms with E-state index in [1.54, 1.807) is 12.1 Å². The third-order valence-electron chi connectivity index (χ3n) is 5.59. The average Bonchev–Trinajstić information content (AvgIpc) is 2.75. The van der Waals surface area contributed by atoms with Crippen molar-refractivity contribution in [3.8, 4) is 5.75 Å². The van der Waals surface area contributed by atoms with Crippen LogP contribution < -0.4 is 20.3 Å². The van der Waals surface area contributed by atoms with Crippen LogP contribution in [0.1, 0.15) is 23.6 Å². The molecule has 0 radical (unpaired) electrons. The summed E-state index contributed by atoms with van der Waals surface area (Å²) in [5.74, 6) is 0.0880. The van der Waals surface area contributed by atoms with E-state index < -0.39 is 6.10 Å². The number of carbonyl (C=O) groups is 2. The van der Waals surface area contributed by atoms with E-state index in [4.69, 9.17) is 9.47 Å². The van der Waals surface area contributed by atoms with Gasteiger partial charge in [-0.1, -0.05) is 42.0 Å². The summed E-state index contributed by atoms with van der Waals surface area (Å²) in [6, 6.07) is 15.3. The molecule has 1 saturated heterocycles. The summed E-state index contributed by atoms with van der Waals surface area (Å²) in [6.07, 6.45) is -0.865. The number of rotatable bonds is 6. The van der Waals surface area contributed by atoms with Crippen molar-refractivity contribution >= 4 is 17.5 Å². The second kappa shape index (κ2) is 9.28. The number of ether oxygens (including phenoxy) is 2. The monoisotopic (exact) mass is 410 g/mol. The summed E-state index contributed by atoms with van der Waals surface area (Å²) in [6.45, 7) is 6.13. The van der Waals surface area contributed by atoms with Crippen LogP contribution in [0, 0.1) is 6.92 Å². The van der Waals surface area contributed by atoms with Crippen molar-refractivity contribution in [2.75, 3.05) is 38.2 Å². The molecule has 1 fully saturated rings. The Morgan fingerprint density at radius 1 is 1.17 bits per heavy atom. The lowest BCUT2D eigenvalue weighted by Crippen LogP contribution is -3.14. The highest BCUT2D eigenvalue weighted by Crippen LogP contribution is 2.29. The van der Waals surface area contributed by atoms with Gasteiger partial charge in [0, 0.05) is 0 Å². The molecule has 4 rings (SSSR count). The van der Waals surface area contributed by atoms with E-state index in [0.717, 1.165) is 38.4 Å². The summed E-state index contributed by atoms with van der Waals surface area (Å²) in [5, 5.41) is 5.94. The lowest BCUT2D eigenvalue weighted by molar-refractivity contribution is -0.909. The molecular formula is C23H28N3O4+. The first-order valence-electron chi connectivity index (χ1n) is 10.4. The van der Waals surface area contributed by atoms with Crippen molar-refractivity contribution in [1.29, 1.82) is 0 Å². The van der Waals surface area contributed by atoms with Crippen LogP contribution in [0.3, 0.4) is 0 Å². The second-order valence-electron chi connectivity index (χ2n) is 7.89. The van der Waals surface area contributed by atoms with Crippen molar-refractivity contribution in [3.05, 3.63) is 59.7 Å². The Labute approximate surface area is 176 Å².